The maximum Gasteiger partial charge on any atom is 0.307 e. The Morgan fingerprint density at radius 3 is 2.41 bits per heavy atom. The zero-order chi connectivity index (χ0) is 15.9. The van der Waals surface area contributed by atoms with E-state index in [2.05, 4.69) is 9.39 Å². The Kier molecular flexibility index (Phi) is 3.98. The lowest BCUT2D eigenvalue weighted by atomic mass is 10.0. The molecule has 0 aliphatic carbocycles. The predicted molar refractivity (Wildman–Crippen MR) is 82.2 cm³/mol. The largest absolute Gasteiger partial charge is 0.469 e. The topological polar surface area (TPSA) is 66.9 Å². The van der Waals surface area contributed by atoms with Gasteiger partial charge in [-0.15, -0.1) is 0 Å². The molecule has 1 saturated heterocycles. The number of fused-ring (bicyclic) bond motifs is 1. The van der Waals surface area contributed by atoms with E-state index in [1.54, 1.807) is 24.3 Å². The molecule has 2 heterocycles. The van der Waals surface area contributed by atoms with Crippen molar-refractivity contribution in [2.45, 2.75) is 24.9 Å². The van der Waals surface area contributed by atoms with Crippen LogP contribution in [0.25, 0.3) is 0 Å². The highest BCUT2D eigenvalue weighted by Gasteiger charge is 2.46. The Morgan fingerprint density at radius 2 is 1.86 bits per heavy atom. The standard InChI is InChI=1S/C15H17N2O4P/c1-21-13(18)8-12-11(6-7-16(12)22)17-14(19)9-4-2-3-5-10(9)15(17)20/h2-5,11-12H,6-8,22H2,1H3. The summed E-state index contributed by atoms with van der Waals surface area (Å²) in [7, 11) is 3.90. The van der Waals surface area contributed by atoms with E-state index in [1.807, 2.05) is 4.67 Å². The average molecular weight is 320 g/mol. The molecule has 1 aromatic rings. The van der Waals surface area contributed by atoms with Gasteiger partial charge in [-0.2, -0.15) is 0 Å². The highest BCUT2D eigenvalue weighted by molar-refractivity contribution is 7.13. The maximum atomic E-state index is 12.6. The Labute approximate surface area is 130 Å². The van der Waals surface area contributed by atoms with Gasteiger partial charge in [0, 0.05) is 12.6 Å². The quantitative estimate of drug-likeness (QED) is 0.474. The lowest BCUT2D eigenvalue weighted by molar-refractivity contribution is -0.141. The summed E-state index contributed by atoms with van der Waals surface area (Å²) in [5.41, 5.74) is 0.873. The predicted octanol–water partition coefficient (Wildman–Crippen LogP) is 1.08. The van der Waals surface area contributed by atoms with Crippen molar-refractivity contribution in [3.8, 4) is 0 Å². The molecule has 2 aliphatic heterocycles. The van der Waals surface area contributed by atoms with Gasteiger partial charge in [-0.05, 0) is 18.6 Å². The van der Waals surface area contributed by atoms with Crippen molar-refractivity contribution in [2.24, 2.45) is 0 Å². The SMILES string of the molecule is COC(=O)CC1C(N2C(=O)c3ccccc3C2=O)CCN1P. The zero-order valence-corrected chi connectivity index (χ0v) is 13.3. The van der Waals surface area contributed by atoms with Gasteiger partial charge in [-0.1, -0.05) is 21.5 Å². The Balaban J connectivity index is 1.89. The Morgan fingerprint density at radius 1 is 1.27 bits per heavy atom. The number of hydrogen-bond acceptors (Lipinski definition) is 5. The lowest BCUT2D eigenvalue weighted by Crippen LogP contribution is -2.47. The molecule has 1 fully saturated rings. The lowest BCUT2D eigenvalue weighted by Gasteiger charge is -2.29. The summed E-state index contributed by atoms with van der Waals surface area (Å²) in [5.74, 6) is -0.900. The van der Waals surface area contributed by atoms with Gasteiger partial charge in [-0.25, -0.2) is 0 Å². The highest BCUT2D eigenvalue weighted by Crippen LogP contribution is 2.34. The van der Waals surface area contributed by atoms with Crippen LogP contribution in [0.2, 0.25) is 0 Å². The Hall–Kier alpha value is -1.78. The molecule has 0 radical (unpaired) electrons. The fraction of sp³-hybridized carbons (Fsp3) is 0.400. The summed E-state index contributed by atoms with van der Waals surface area (Å²) in [4.78, 5) is 38.0. The van der Waals surface area contributed by atoms with E-state index in [0.29, 0.717) is 24.1 Å². The summed E-state index contributed by atoms with van der Waals surface area (Å²) < 4.78 is 6.65. The molecule has 0 aromatic heterocycles. The van der Waals surface area contributed by atoms with E-state index >= 15 is 0 Å². The first-order chi connectivity index (χ1) is 10.5. The molecular formula is C15H17N2O4P. The minimum absolute atomic E-state index is 0.151. The summed E-state index contributed by atoms with van der Waals surface area (Å²) in [6, 6.07) is 6.27. The highest BCUT2D eigenvalue weighted by atomic mass is 31.0. The number of carbonyl (C=O) groups is 3. The summed E-state index contributed by atoms with van der Waals surface area (Å²) in [5, 5.41) is 0. The minimum Gasteiger partial charge on any atom is -0.469 e. The molecule has 1 aromatic carbocycles. The van der Waals surface area contributed by atoms with E-state index < -0.39 is 0 Å². The number of amides is 2. The average Bonchev–Trinajstić information content (AvgIpc) is 2.99. The molecule has 0 N–H and O–H groups in total. The van der Waals surface area contributed by atoms with Crippen molar-refractivity contribution < 1.29 is 19.1 Å². The smallest absolute Gasteiger partial charge is 0.307 e. The summed E-state index contributed by atoms with van der Waals surface area (Å²) in [6.45, 7) is 0.699. The molecule has 0 saturated carbocycles. The van der Waals surface area contributed by atoms with Crippen LogP contribution >= 0.6 is 9.39 Å². The van der Waals surface area contributed by atoms with Gasteiger partial charge in [0.2, 0.25) is 0 Å². The van der Waals surface area contributed by atoms with Crippen LogP contribution in [0.4, 0.5) is 0 Å². The van der Waals surface area contributed by atoms with Crippen molar-refractivity contribution in [3.05, 3.63) is 35.4 Å². The molecule has 3 rings (SSSR count). The number of hydrogen-bond donors (Lipinski definition) is 0. The molecule has 3 atom stereocenters. The van der Waals surface area contributed by atoms with E-state index in [4.69, 9.17) is 4.74 Å². The molecule has 116 valence electrons. The number of esters is 1. The van der Waals surface area contributed by atoms with Gasteiger partial charge in [0.05, 0.1) is 30.7 Å². The van der Waals surface area contributed by atoms with Crippen molar-refractivity contribution >= 4 is 27.2 Å². The van der Waals surface area contributed by atoms with Crippen molar-refractivity contribution in [1.82, 2.24) is 9.57 Å². The first kappa shape index (κ1) is 15.1. The second kappa shape index (κ2) is 5.78. The van der Waals surface area contributed by atoms with E-state index in [1.165, 1.54) is 12.0 Å². The van der Waals surface area contributed by atoms with Crippen molar-refractivity contribution in [1.29, 1.82) is 0 Å². The molecule has 2 amide bonds. The van der Waals surface area contributed by atoms with Crippen LogP contribution in [0, 0.1) is 0 Å². The summed E-state index contributed by atoms with van der Waals surface area (Å²) in [6.07, 6.45) is 0.800. The van der Waals surface area contributed by atoms with Crippen LogP contribution in [-0.4, -0.2) is 53.1 Å². The molecule has 22 heavy (non-hydrogen) atoms. The van der Waals surface area contributed by atoms with Crippen molar-refractivity contribution in [3.63, 3.8) is 0 Å². The van der Waals surface area contributed by atoms with E-state index in [0.717, 1.165) is 0 Å². The second-order valence-corrected chi connectivity index (χ2v) is 6.13. The molecule has 7 heteroatoms. The number of nitrogens with zero attached hydrogens (tertiary/aromatic N) is 2. The normalized spacial score (nSPS) is 24.7. The van der Waals surface area contributed by atoms with Gasteiger partial charge < -0.3 is 4.74 Å². The van der Waals surface area contributed by atoms with Crippen LogP contribution in [0.3, 0.4) is 0 Å². The molecule has 0 bridgehead atoms. The number of benzene rings is 1. The molecule has 0 spiro atoms. The summed E-state index contributed by atoms with van der Waals surface area (Å²) >= 11 is 0. The monoisotopic (exact) mass is 320 g/mol. The van der Waals surface area contributed by atoms with E-state index in [-0.39, 0.29) is 36.3 Å². The third kappa shape index (κ3) is 2.32. The van der Waals surface area contributed by atoms with Gasteiger partial charge in [0.25, 0.3) is 11.8 Å². The number of rotatable bonds is 3. The van der Waals surface area contributed by atoms with Gasteiger partial charge in [-0.3, -0.25) is 24.0 Å². The third-order valence-corrected chi connectivity index (χ3v) is 4.95. The molecular weight excluding hydrogens is 303 g/mol. The molecule has 6 nitrogen and oxygen atoms in total. The second-order valence-electron chi connectivity index (χ2n) is 5.47. The third-order valence-electron chi connectivity index (χ3n) is 4.31. The van der Waals surface area contributed by atoms with Crippen LogP contribution in [0.5, 0.6) is 0 Å². The van der Waals surface area contributed by atoms with Gasteiger partial charge >= 0.3 is 5.97 Å². The fourth-order valence-electron chi connectivity index (χ4n) is 3.18. The van der Waals surface area contributed by atoms with Crippen LogP contribution in [0.15, 0.2) is 24.3 Å². The first-order valence-corrected chi connectivity index (χ1v) is 7.61. The van der Waals surface area contributed by atoms with Crippen LogP contribution in [-0.2, 0) is 9.53 Å². The molecule has 3 unspecified atom stereocenters. The van der Waals surface area contributed by atoms with Crippen molar-refractivity contribution in [2.75, 3.05) is 13.7 Å². The number of imide groups is 1. The van der Waals surface area contributed by atoms with E-state index in [9.17, 15) is 14.4 Å². The number of methoxy groups -OCH3 is 1. The van der Waals surface area contributed by atoms with Crippen LogP contribution < -0.4 is 0 Å². The number of ether oxygens (including phenoxy) is 1. The van der Waals surface area contributed by atoms with Crippen LogP contribution in [0.1, 0.15) is 33.6 Å². The first-order valence-electron chi connectivity index (χ1n) is 7.09. The van der Waals surface area contributed by atoms with Gasteiger partial charge in [0.1, 0.15) is 0 Å². The zero-order valence-electron chi connectivity index (χ0n) is 12.2. The Bertz CT molecular complexity index is 613. The number of carbonyl (C=O) groups excluding carboxylic acids is 3. The minimum atomic E-state index is -0.346. The maximum absolute atomic E-state index is 12.6. The molecule has 2 aliphatic rings. The van der Waals surface area contributed by atoms with Gasteiger partial charge in [0.15, 0.2) is 0 Å². The fourth-order valence-corrected chi connectivity index (χ4v) is 3.63.